The van der Waals surface area contributed by atoms with E-state index in [1.165, 1.54) is 6.42 Å². The Labute approximate surface area is 220 Å². The summed E-state index contributed by atoms with van der Waals surface area (Å²) in [6.45, 7) is -0.00371. The maximum absolute atomic E-state index is 14.2. The van der Waals surface area contributed by atoms with Crippen LogP contribution in [-0.2, 0) is 10.3 Å². The average Bonchev–Trinajstić information content (AvgIpc) is 2.91. The zero-order valence-electron chi connectivity index (χ0n) is 21.0. The maximum Gasteiger partial charge on any atom is 0.290 e. The summed E-state index contributed by atoms with van der Waals surface area (Å²) in [7, 11) is 0. The minimum Gasteiger partial charge on any atom is -0.483 e. The number of hydrogen-bond acceptors (Lipinski definition) is 5. The van der Waals surface area contributed by atoms with Crippen LogP contribution in [0.15, 0.2) is 72.9 Å². The molecule has 0 amide bonds. The second-order valence-electron chi connectivity index (χ2n) is 10.0. The summed E-state index contributed by atoms with van der Waals surface area (Å²) in [6.07, 6.45) is 5.23. The standard InChI is InChI=1S/C29H28F2N4.CH2O2/c30-29(31)15-5-17-35(19-29)27-24-18-23(20-6-2-1-3-7-20)26(34-25(24)12-16-33-27)21-8-10-22(11-9-21)28(32)13-4-14-28;2-1-3/h1-3,6-12,16,18H,4-5,13-15,17,19,32H2;1H,(H,2,3). The van der Waals surface area contributed by atoms with Crippen LogP contribution >= 0.6 is 0 Å². The Morgan fingerprint density at radius 1 is 0.947 bits per heavy atom. The minimum absolute atomic E-state index is 0.0774. The van der Waals surface area contributed by atoms with Gasteiger partial charge in [0.05, 0.1) is 17.8 Å². The number of aromatic nitrogens is 2. The molecule has 4 aromatic rings. The number of pyridine rings is 2. The molecule has 1 saturated heterocycles. The normalized spacial score (nSPS) is 17.7. The van der Waals surface area contributed by atoms with Crippen molar-refractivity contribution in [1.82, 2.24) is 9.97 Å². The zero-order valence-corrected chi connectivity index (χ0v) is 21.0. The van der Waals surface area contributed by atoms with Gasteiger partial charge in [0, 0.05) is 41.2 Å². The van der Waals surface area contributed by atoms with Gasteiger partial charge in [-0.05, 0) is 48.9 Å². The Morgan fingerprint density at radius 2 is 1.66 bits per heavy atom. The molecule has 8 heteroatoms. The smallest absolute Gasteiger partial charge is 0.290 e. The van der Waals surface area contributed by atoms with Crippen molar-refractivity contribution in [1.29, 1.82) is 0 Å². The predicted octanol–water partition coefficient (Wildman–Crippen LogP) is 6.24. The molecular formula is C30H30F2N4O2. The van der Waals surface area contributed by atoms with Crippen LogP contribution in [0.5, 0.6) is 0 Å². The number of fused-ring (bicyclic) bond motifs is 1. The van der Waals surface area contributed by atoms with Crippen molar-refractivity contribution >= 4 is 23.2 Å². The van der Waals surface area contributed by atoms with Crippen LogP contribution in [0.2, 0.25) is 0 Å². The number of alkyl halides is 2. The topological polar surface area (TPSA) is 92.3 Å². The molecule has 3 heterocycles. The lowest BCUT2D eigenvalue weighted by Gasteiger charge is -2.38. The van der Waals surface area contributed by atoms with E-state index >= 15 is 0 Å². The molecule has 196 valence electrons. The molecule has 6 rings (SSSR count). The van der Waals surface area contributed by atoms with Gasteiger partial charge in [-0.2, -0.15) is 0 Å². The summed E-state index contributed by atoms with van der Waals surface area (Å²) in [4.78, 5) is 19.6. The molecular weight excluding hydrogens is 486 g/mol. The molecule has 2 aromatic carbocycles. The molecule has 2 aliphatic rings. The number of rotatable bonds is 4. The number of halogens is 2. The number of carbonyl (C=O) groups is 1. The molecule has 1 aliphatic heterocycles. The molecule has 2 aromatic heterocycles. The molecule has 6 nitrogen and oxygen atoms in total. The van der Waals surface area contributed by atoms with Crippen LogP contribution in [0.25, 0.3) is 33.3 Å². The molecule has 38 heavy (non-hydrogen) atoms. The van der Waals surface area contributed by atoms with E-state index in [9.17, 15) is 8.78 Å². The van der Waals surface area contributed by atoms with Crippen molar-refractivity contribution in [3.63, 3.8) is 0 Å². The van der Waals surface area contributed by atoms with Crippen molar-refractivity contribution in [2.75, 3.05) is 18.0 Å². The van der Waals surface area contributed by atoms with Crippen LogP contribution in [0.1, 0.15) is 37.7 Å². The lowest BCUT2D eigenvalue weighted by Crippen LogP contribution is -2.43. The van der Waals surface area contributed by atoms with Gasteiger partial charge in [-0.25, -0.2) is 18.7 Å². The number of nitrogens with zero attached hydrogens (tertiary/aromatic N) is 3. The number of benzene rings is 2. The number of hydrogen-bond donors (Lipinski definition) is 2. The van der Waals surface area contributed by atoms with Gasteiger partial charge >= 0.3 is 0 Å². The Balaban J connectivity index is 0.000000937. The predicted molar refractivity (Wildman–Crippen MR) is 145 cm³/mol. The molecule has 0 spiro atoms. The van der Waals surface area contributed by atoms with Gasteiger partial charge in [0.15, 0.2) is 0 Å². The monoisotopic (exact) mass is 516 g/mol. The van der Waals surface area contributed by atoms with E-state index in [4.69, 9.17) is 20.6 Å². The second kappa shape index (κ2) is 10.5. The van der Waals surface area contributed by atoms with Gasteiger partial charge in [-0.1, -0.05) is 54.6 Å². The first kappa shape index (κ1) is 25.7. The SMILES string of the molecule is NC1(c2ccc(-c3nc4ccnc(N5CCCC(F)(F)C5)c4cc3-c3ccccc3)cc2)CCC1.O=CO. The van der Waals surface area contributed by atoms with E-state index in [2.05, 4.69) is 47.4 Å². The third kappa shape index (κ3) is 5.09. The van der Waals surface area contributed by atoms with Crippen LogP contribution in [0, 0.1) is 0 Å². The fourth-order valence-electron chi connectivity index (χ4n) is 5.34. The van der Waals surface area contributed by atoms with E-state index in [1.54, 1.807) is 11.1 Å². The Bertz CT molecular complexity index is 1420. The summed E-state index contributed by atoms with van der Waals surface area (Å²) in [5.74, 6) is -2.14. The van der Waals surface area contributed by atoms with Gasteiger partial charge in [0.25, 0.3) is 12.4 Å². The second-order valence-corrected chi connectivity index (χ2v) is 10.0. The molecule has 1 aliphatic carbocycles. The van der Waals surface area contributed by atoms with Gasteiger partial charge < -0.3 is 15.7 Å². The molecule has 2 fully saturated rings. The fraction of sp³-hybridized carbons (Fsp3) is 0.300. The van der Waals surface area contributed by atoms with Gasteiger partial charge in [-0.15, -0.1) is 0 Å². The van der Waals surface area contributed by atoms with Crippen molar-refractivity contribution in [2.45, 2.75) is 43.6 Å². The van der Waals surface area contributed by atoms with Crippen molar-refractivity contribution in [3.05, 3.63) is 78.5 Å². The average molecular weight is 517 g/mol. The number of nitrogens with two attached hydrogens (primary N) is 1. The first-order chi connectivity index (χ1) is 18.3. The Kier molecular flexibility index (Phi) is 7.08. The van der Waals surface area contributed by atoms with E-state index < -0.39 is 5.92 Å². The molecule has 0 radical (unpaired) electrons. The molecule has 1 saturated carbocycles. The summed E-state index contributed by atoms with van der Waals surface area (Å²) in [5, 5.41) is 7.68. The van der Waals surface area contributed by atoms with Crippen LogP contribution in [-0.4, -0.2) is 40.6 Å². The highest BCUT2D eigenvalue weighted by Crippen LogP contribution is 2.41. The first-order valence-corrected chi connectivity index (χ1v) is 12.8. The largest absolute Gasteiger partial charge is 0.483 e. The maximum atomic E-state index is 14.2. The van der Waals surface area contributed by atoms with Crippen LogP contribution < -0.4 is 10.6 Å². The van der Waals surface area contributed by atoms with E-state index in [0.29, 0.717) is 18.8 Å². The van der Waals surface area contributed by atoms with Crippen molar-refractivity contribution < 1.29 is 18.7 Å². The Morgan fingerprint density at radius 3 is 2.29 bits per heavy atom. The Hall–Kier alpha value is -3.91. The summed E-state index contributed by atoms with van der Waals surface area (Å²) < 4.78 is 28.4. The molecule has 3 N–H and O–H groups in total. The van der Waals surface area contributed by atoms with Crippen molar-refractivity contribution in [3.8, 4) is 22.4 Å². The van der Waals surface area contributed by atoms with Gasteiger partial charge in [0.1, 0.15) is 5.82 Å². The first-order valence-electron chi connectivity index (χ1n) is 12.8. The molecule has 0 bridgehead atoms. The lowest BCUT2D eigenvalue weighted by molar-refractivity contribution is -0.122. The van der Waals surface area contributed by atoms with Crippen molar-refractivity contribution in [2.24, 2.45) is 5.73 Å². The molecule has 0 unspecified atom stereocenters. The fourth-order valence-corrected chi connectivity index (χ4v) is 5.34. The van der Waals surface area contributed by atoms with Gasteiger partial charge in [-0.3, -0.25) is 4.79 Å². The van der Waals surface area contributed by atoms with E-state index in [0.717, 1.165) is 51.7 Å². The zero-order chi connectivity index (χ0) is 26.8. The highest BCUT2D eigenvalue weighted by molar-refractivity contribution is 5.97. The number of piperidine rings is 1. The molecule has 0 atom stereocenters. The van der Waals surface area contributed by atoms with Gasteiger partial charge in [0.2, 0.25) is 0 Å². The third-order valence-corrected chi connectivity index (χ3v) is 7.48. The van der Waals surface area contributed by atoms with E-state index in [1.807, 2.05) is 24.3 Å². The quantitative estimate of drug-likeness (QED) is 0.312. The summed E-state index contributed by atoms with van der Waals surface area (Å²) in [5.41, 5.74) is 12.1. The minimum atomic E-state index is -2.71. The number of carboxylic acid groups (broad SMARTS) is 1. The summed E-state index contributed by atoms with van der Waals surface area (Å²) in [6, 6.07) is 22.4. The van der Waals surface area contributed by atoms with Crippen LogP contribution in [0.3, 0.4) is 0 Å². The highest BCUT2D eigenvalue weighted by Gasteiger charge is 2.36. The lowest BCUT2D eigenvalue weighted by atomic mass is 9.72. The number of anilines is 1. The van der Waals surface area contributed by atoms with E-state index in [-0.39, 0.29) is 25.0 Å². The van der Waals surface area contributed by atoms with Crippen LogP contribution in [0.4, 0.5) is 14.6 Å². The third-order valence-electron chi connectivity index (χ3n) is 7.48. The highest BCUT2D eigenvalue weighted by atomic mass is 19.3. The summed E-state index contributed by atoms with van der Waals surface area (Å²) >= 11 is 0.